The zero-order valence-electron chi connectivity index (χ0n) is 8.58. The van der Waals surface area contributed by atoms with Gasteiger partial charge in [-0.3, -0.25) is 9.69 Å². The van der Waals surface area contributed by atoms with Crippen molar-refractivity contribution in [3.63, 3.8) is 0 Å². The third-order valence-electron chi connectivity index (χ3n) is 2.54. The fraction of sp³-hybridized carbons (Fsp3) is 0.900. The summed E-state index contributed by atoms with van der Waals surface area (Å²) in [6, 6.07) is 0.452. The van der Waals surface area contributed by atoms with Crippen LogP contribution in [0.5, 0.6) is 0 Å². The Balaban J connectivity index is 2.23. The van der Waals surface area contributed by atoms with Crippen LogP contribution in [0.3, 0.4) is 0 Å². The van der Waals surface area contributed by atoms with Crippen LogP contribution in [0.15, 0.2) is 0 Å². The van der Waals surface area contributed by atoms with E-state index >= 15 is 0 Å². The van der Waals surface area contributed by atoms with Gasteiger partial charge in [0.1, 0.15) is 5.78 Å². The average molecular weight is 185 g/mol. The molecular weight excluding hydrogens is 166 g/mol. The summed E-state index contributed by atoms with van der Waals surface area (Å²) < 4.78 is 5.35. The molecule has 0 radical (unpaired) electrons. The molecule has 1 saturated heterocycles. The summed E-state index contributed by atoms with van der Waals surface area (Å²) in [5.41, 5.74) is 0. The van der Waals surface area contributed by atoms with Gasteiger partial charge in [-0.1, -0.05) is 0 Å². The normalized spacial score (nSPS) is 21.8. The lowest BCUT2D eigenvalue weighted by Gasteiger charge is -2.31. The molecule has 1 aliphatic heterocycles. The number of nitrogens with zero attached hydrogens (tertiary/aromatic N) is 1. The Morgan fingerprint density at radius 2 is 2.08 bits per heavy atom. The number of ketones is 1. The molecule has 0 amide bonds. The number of ether oxygens (including phenoxy) is 1. The maximum atomic E-state index is 11.0. The number of likely N-dealkylation sites (tertiary alicyclic amines) is 1. The molecule has 0 saturated carbocycles. The van der Waals surface area contributed by atoms with Crippen molar-refractivity contribution in [2.75, 3.05) is 26.3 Å². The van der Waals surface area contributed by atoms with E-state index in [-0.39, 0.29) is 0 Å². The molecule has 0 aromatic rings. The summed E-state index contributed by atoms with van der Waals surface area (Å²) >= 11 is 0. The number of piperidine rings is 1. The maximum Gasteiger partial charge on any atom is 0.135 e. The highest BCUT2D eigenvalue weighted by Gasteiger charge is 2.20. The topological polar surface area (TPSA) is 29.5 Å². The molecule has 0 aromatic heterocycles. The van der Waals surface area contributed by atoms with Crippen LogP contribution in [0.1, 0.15) is 26.7 Å². The molecular formula is C10H19NO2. The minimum Gasteiger partial charge on any atom is -0.380 e. The van der Waals surface area contributed by atoms with Crippen LogP contribution >= 0.6 is 0 Å². The second kappa shape index (κ2) is 5.35. The molecule has 0 spiro atoms. The van der Waals surface area contributed by atoms with Gasteiger partial charge in [0.2, 0.25) is 0 Å². The Morgan fingerprint density at radius 3 is 2.62 bits per heavy atom. The second-order valence-electron chi connectivity index (χ2n) is 3.58. The molecule has 13 heavy (non-hydrogen) atoms. The highest BCUT2D eigenvalue weighted by molar-refractivity contribution is 5.79. The van der Waals surface area contributed by atoms with Gasteiger partial charge in [-0.05, 0) is 13.8 Å². The highest BCUT2D eigenvalue weighted by Crippen LogP contribution is 2.09. The fourth-order valence-corrected chi connectivity index (χ4v) is 1.61. The largest absolute Gasteiger partial charge is 0.380 e. The SMILES string of the molecule is CCOCC(C)N1CCC(=O)CC1. The summed E-state index contributed by atoms with van der Waals surface area (Å²) in [5.74, 6) is 0.403. The van der Waals surface area contributed by atoms with E-state index in [1.165, 1.54) is 0 Å². The molecule has 0 aromatic carbocycles. The van der Waals surface area contributed by atoms with Crippen molar-refractivity contribution in [3.8, 4) is 0 Å². The van der Waals surface area contributed by atoms with Crippen molar-refractivity contribution in [2.24, 2.45) is 0 Å². The standard InChI is InChI=1S/C10H19NO2/c1-3-13-8-9(2)11-6-4-10(12)5-7-11/h9H,3-8H2,1-2H3. The molecule has 1 rings (SSSR count). The van der Waals surface area contributed by atoms with Crippen molar-refractivity contribution >= 4 is 5.78 Å². The number of hydrogen-bond donors (Lipinski definition) is 0. The predicted molar refractivity (Wildman–Crippen MR) is 51.8 cm³/mol. The zero-order valence-corrected chi connectivity index (χ0v) is 8.58. The first-order valence-electron chi connectivity index (χ1n) is 5.07. The lowest BCUT2D eigenvalue weighted by molar-refractivity contribution is -0.122. The highest BCUT2D eigenvalue weighted by atomic mass is 16.5. The molecule has 1 fully saturated rings. The number of carbonyl (C=O) groups is 1. The van der Waals surface area contributed by atoms with Crippen LogP contribution in [0.25, 0.3) is 0 Å². The third-order valence-corrected chi connectivity index (χ3v) is 2.54. The molecule has 3 heteroatoms. The van der Waals surface area contributed by atoms with Gasteiger partial charge in [0, 0.05) is 38.6 Å². The van der Waals surface area contributed by atoms with E-state index in [2.05, 4.69) is 11.8 Å². The van der Waals surface area contributed by atoms with Crippen molar-refractivity contribution < 1.29 is 9.53 Å². The van der Waals surface area contributed by atoms with Gasteiger partial charge in [-0.15, -0.1) is 0 Å². The summed E-state index contributed by atoms with van der Waals surface area (Å²) in [6.45, 7) is 7.54. The van der Waals surface area contributed by atoms with E-state index in [1.807, 2.05) is 6.92 Å². The summed E-state index contributed by atoms with van der Waals surface area (Å²) in [4.78, 5) is 13.3. The minimum absolute atomic E-state index is 0.403. The summed E-state index contributed by atoms with van der Waals surface area (Å²) in [7, 11) is 0. The number of rotatable bonds is 4. The quantitative estimate of drug-likeness (QED) is 0.656. The Kier molecular flexibility index (Phi) is 4.39. The first-order valence-corrected chi connectivity index (χ1v) is 5.07. The van der Waals surface area contributed by atoms with Crippen molar-refractivity contribution in [1.82, 2.24) is 4.90 Å². The fourth-order valence-electron chi connectivity index (χ4n) is 1.61. The third kappa shape index (κ3) is 3.44. The number of carbonyl (C=O) groups excluding carboxylic acids is 1. The molecule has 1 unspecified atom stereocenters. The van der Waals surface area contributed by atoms with E-state index in [4.69, 9.17) is 4.74 Å². The molecule has 1 aliphatic rings. The molecule has 1 atom stereocenters. The van der Waals surface area contributed by atoms with Crippen molar-refractivity contribution in [1.29, 1.82) is 0 Å². The second-order valence-corrected chi connectivity index (χ2v) is 3.58. The summed E-state index contributed by atoms with van der Waals surface area (Å²) in [5, 5.41) is 0. The number of Topliss-reactive ketones (excluding diaryl/α,β-unsaturated/α-hetero) is 1. The molecule has 3 nitrogen and oxygen atoms in total. The Hall–Kier alpha value is -0.410. The number of hydrogen-bond acceptors (Lipinski definition) is 3. The molecule has 0 bridgehead atoms. The van der Waals surface area contributed by atoms with E-state index in [0.29, 0.717) is 11.8 Å². The molecule has 0 N–H and O–H groups in total. The van der Waals surface area contributed by atoms with Crippen LogP contribution < -0.4 is 0 Å². The Labute approximate surface area is 80.1 Å². The minimum atomic E-state index is 0.403. The predicted octanol–water partition coefficient (Wildman–Crippen LogP) is 1.08. The van der Waals surface area contributed by atoms with E-state index in [9.17, 15) is 4.79 Å². The van der Waals surface area contributed by atoms with Gasteiger partial charge >= 0.3 is 0 Å². The first-order chi connectivity index (χ1) is 6.24. The van der Waals surface area contributed by atoms with Crippen molar-refractivity contribution in [2.45, 2.75) is 32.7 Å². The van der Waals surface area contributed by atoms with Gasteiger partial charge in [0.05, 0.1) is 6.61 Å². The van der Waals surface area contributed by atoms with Crippen LogP contribution in [0, 0.1) is 0 Å². The maximum absolute atomic E-state index is 11.0. The van der Waals surface area contributed by atoms with Gasteiger partial charge in [-0.2, -0.15) is 0 Å². The Bertz CT molecular complexity index is 160. The lowest BCUT2D eigenvalue weighted by atomic mass is 10.1. The van der Waals surface area contributed by atoms with E-state index in [1.54, 1.807) is 0 Å². The average Bonchev–Trinajstić information content (AvgIpc) is 2.15. The first kappa shape index (κ1) is 10.7. The van der Waals surface area contributed by atoms with Crippen LogP contribution in [0.4, 0.5) is 0 Å². The van der Waals surface area contributed by atoms with Crippen LogP contribution in [-0.4, -0.2) is 43.0 Å². The van der Waals surface area contributed by atoms with Crippen molar-refractivity contribution in [3.05, 3.63) is 0 Å². The zero-order chi connectivity index (χ0) is 9.68. The molecule has 0 aliphatic carbocycles. The van der Waals surface area contributed by atoms with Gasteiger partial charge < -0.3 is 4.74 Å². The smallest absolute Gasteiger partial charge is 0.135 e. The molecule has 76 valence electrons. The van der Waals surface area contributed by atoms with Crippen LogP contribution in [0.2, 0.25) is 0 Å². The van der Waals surface area contributed by atoms with E-state index in [0.717, 1.165) is 39.1 Å². The Morgan fingerprint density at radius 1 is 1.46 bits per heavy atom. The van der Waals surface area contributed by atoms with Gasteiger partial charge in [0.25, 0.3) is 0 Å². The molecule has 1 heterocycles. The summed E-state index contributed by atoms with van der Waals surface area (Å²) in [6.07, 6.45) is 1.44. The lowest BCUT2D eigenvalue weighted by Crippen LogP contribution is -2.42. The monoisotopic (exact) mass is 185 g/mol. The van der Waals surface area contributed by atoms with Gasteiger partial charge in [-0.25, -0.2) is 0 Å². The van der Waals surface area contributed by atoms with E-state index < -0.39 is 0 Å². The van der Waals surface area contributed by atoms with Crippen LogP contribution in [-0.2, 0) is 9.53 Å². The van der Waals surface area contributed by atoms with Gasteiger partial charge in [0.15, 0.2) is 0 Å².